The Morgan fingerprint density at radius 1 is 1.18 bits per heavy atom. The van der Waals surface area contributed by atoms with Crippen LogP contribution >= 0.6 is 0 Å². The molecular weight excluding hydrogens is 352 g/mol. The number of hydrazone groups is 1. The van der Waals surface area contributed by atoms with Crippen molar-refractivity contribution in [1.29, 1.82) is 0 Å². The molecule has 1 aromatic rings. The zero-order valence-electron chi connectivity index (χ0n) is 17.0. The number of ether oxygens (including phenoxy) is 2. The summed E-state index contributed by atoms with van der Waals surface area (Å²) in [6.45, 7) is 1.66. The quantitative estimate of drug-likeness (QED) is 0.499. The molecule has 0 amide bonds. The number of nitrogens with zero attached hydrogens (tertiary/aromatic N) is 2. The molecule has 1 saturated heterocycles. The van der Waals surface area contributed by atoms with E-state index in [4.69, 9.17) is 14.6 Å². The van der Waals surface area contributed by atoms with Crippen LogP contribution in [0.5, 0.6) is 0 Å². The van der Waals surface area contributed by atoms with Gasteiger partial charge in [-0.25, -0.2) is 0 Å². The molecule has 3 rings (SSSR count). The van der Waals surface area contributed by atoms with E-state index >= 15 is 0 Å². The predicted molar refractivity (Wildman–Crippen MR) is 112 cm³/mol. The van der Waals surface area contributed by atoms with E-state index < -0.39 is 0 Å². The van der Waals surface area contributed by atoms with Crippen LogP contribution in [0.4, 0.5) is 0 Å². The lowest BCUT2D eigenvalue weighted by Gasteiger charge is -2.23. The van der Waals surface area contributed by atoms with Gasteiger partial charge in [0.2, 0.25) is 0 Å². The number of carbonyl (C=O) groups is 1. The standard InChI is InChI=1S/C23H32N2O3/c1-27-17-21-11-7-15-25(21)24-20(14-13-18-8-4-3-5-9-18)16-19-10-6-12-22(19)23(26)28-2/h3-5,8-9,13-14,19,21-22H,6-7,10-12,15-17H2,1-2H3/b14-13+,24-20-/t19-,21+,22+/m1/s1. The number of hydrogen-bond acceptors (Lipinski definition) is 5. The van der Waals surface area contributed by atoms with Gasteiger partial charge in [-0.2, -0.15) is 5.10 Å². The third kappa shape index (κ3) is 5.44. The highest BCUT2D eigenvalue weighted by molar-refractivity contribution is 5.98. The second-order valence-electron chi connectivity index (χ2n) is 7.77. The molecule has 1 aliphatic heterocycles. The Labute approximate surface area is 168 Å². The van der Waals surface area contributed by atoms with E-state index in [9.17, 15) is 4.79 Å². The van der Waals surface area contributed by atoms with Gasteiger partial charge in [0.05, 0.1) is 31.4 Å². The number of carbonyl (C=O) groups excluding carboxylic acids is 1. The average molecular weight is 385 g/mol. The van der Waals surface area contributed by atoms with Crippen molar-refractivity contribution in [3.63, 3.8) is 0 Å². The van der Waals surface area contributed by atoms with Crippen molar-refractivity contribution < 1.29 is 14.3 Å². The Bertz CT molecular complexity index is 686. The molecule has 0 aromatic heterocycles. The highest BCUT2D eigenvalue weighted by atomic mass is 16.5. The molecule has 1 saturated carbocycles. The van der Waals surface area contributed by atoms with Crippen molar-refractivity contribution >= 4 is 17.8 Å². The first kappa shape index (κ1) is 20.6. The van der Waals surface area contributed by atoms with Crippen LogP contribution in [-0.2, 0) is 14.3 Å². The van der Waals surface area contributed by atoms with Gasteiger partial charge in [0.25, 0.3) is 0 Å². The molecule has 1 heterocycles. The largest absolute Gasteiger partial charge is 0.469 e. The molecule has 0 spiro atoms. The van der Waals surface area contributed by atoms with Crippen LogP contribution < -0.4 is 0 Å². The van der Waals surface area contributed by atoms with Crippen molar-refractivity contribution in [3.05, 3.63) is 42.0 Å². The summed E-state index contributed by atoms with van der Waals surface area (Å²) in [6, 6.07) is 10.6. The zero-order valence-corrected chi connectivity index (χ0v) is 17.0. The number of esters is 1. The predicted octanol–water partition coefficient (Wildman–Crippen LogP) is 4.15. The molecule has 1 aromatic carbocycles. The van der Waals surface area contributed by atoms with Crippen LogP contribution in [0.25, 0.3) is 6.08 Å². The van der Waals surface area contributed by atoms with Crippen molar-refractivity contribution in [2.75, 3.05) is 27.4 Å². The summed E-state index contributed by atoms with van der Waals surface area (Å²) in [5, 5.41) is 7.18. The van der Waals surface area contributed by atoms with Crippen LogP contribution in [0.15, 0.2) is 41.5 Å². The summed E-state index contributed by atoms with van der Waals surface area (Å²) >= 11 is 0. The Morgan fingerprint density at radius 3 is 2.75 bits per heavy atom. The molecule has 3 atom stereocenters. The lowest BCUT2D eigenvalue weighted by atomic mass is 9.90. The molecule has 28 heavy (non-hydrogen) atoms. The lowest BCUT2D eigenvalue weighted by Crippen LogP contribution is -2.30. The van der Waals surface area contributed by atoms with Gasteiger partial charge in [-0.05, 0) is 49.7 Å². The fourth-order valence-electron chi connectivity index (χ4n) is 4.39. The van der Waals surface area contributed by atoms with E-state index in [-0.39, 0.29) is 11.9 Å². The van der Waals surface area contributed by atoms with Crippen LogP contribution in [0.2, 0.25) is 0 Å². The summed E-state index contributed by atoms with van der Waals surface area (Å²) in [6.07, 6.45) is 10.3. The van der Waals surface area contributed by atoms with E-state index in [1.54, 1.807) is 7.11 Å². The molecule has 0 N–H and O–H groups in total. The summed E-state index contributed by atoms with van der Waals surface area (Å²) in [4.78, 5) is 12.2. The van der Waals surface area contributed by atoms with Crippen molar-refractivity contribution in [3.8, 4) is 0 Å². The summed E-state index contributed by atoms with van der Waals surface area (Å²) in [5.74, 6) is 0.219. The van der Waals surface area contributed by atoms with Crippen LogP contribution in [0.1, 0.15) is 44.1 Å². The fraction of sp³-hybridized carbons (Fsp3) is 0.565. The van der Waals surface area contributed by atoms with Crippen LogP contribution in [0, 0.1) is 11.8 Å². The van der Waals surface area contributed by atoms with Crippen molar-refractivity contribution in [2.45, 2.75) is 44.6 Å². The van der Waals surface area contributed by atoms with Gasteiger partial charge < -0.3 is 9.47 Å². The van der Waals surface area contributed by atoms with Gasteiger partial charge in [0, 0.05) is 13.7 Å². The molecule has 5 nitrogen and oxygen atoms in total. The Balaban J connectivity index is 1.78. The molecule has 2 aliphatic rings. The Kier molecular flexibility index (Phi) is 7.66. The van der Waals surface area contributed by atoms with Gasteiger partial charge in [0.15, 0.2) is 0 Å². The van der Waals surface area contributed by atoms with Crippen molar-refractivity contribution in [2.24, 2.45) is 16.9 Å². The number of allylic oxidation sites excluding steroid dienone is 1. The van der Waals surface area contributed by atoms with Crippen molar-refractivity contribution in [1.82, 2.24) is 5.01 Å². The minimum atomic E-state index is -0.0766. The van der Waals surface area contributed by atoms with Gasteiger partial charge in [-0.15, -0.1) is 0 Å². The van der Waals surface area contributed by atoms with E-state index in [1.165, 1.54) is 7.11 Å². The van der Waals surface area contributed by atoms with E-state index in [0.717, 1.165) is 56.3 Å². The third-order valence-corrected chi connectivity index (χ3v) is 5.86. The first-order valence-corrected chi connectivity index (χ1v) is 10.3. The zero-order chi connectivity index (χ0) is 19.8. The molecule has 5 heteroatoms. The number of hydrogen-bond donors (Lipinski definition) is 0. The molecule has 152 valence electrons. The highest BCUT2D eigenvalue weighted by Crippen LogP contribution is 2.35. The fourth-order valence-corrected chi connectivity index (χ4v) is 4.39. The molecule has 0 unspecified atom stereocenters. The van der Waals surface area contributed by atoms with Gasteiger partial charge in [-0.1, -0.05) is 42.8 Å². The maximum absolute atomic E-state index is 12.2. The molecule has 2 fully saturated rings. The summed E-state index contributed by atoms with van der Waals surface area (Å²) < 4.78 is 10.4. The molecule has 1 aliphatic carbocycles. The van der Waals surface area contributed by atoms with E-state index in [1.807, 2.05) is 18.2 Å². The Morgan fingerprint density at radius 2 is 2.00 bits per heavy atom. The van der Waals surface area contributed by atoms with Gasteiger partial charge in [0.1, 0.15) is 0 Å². The SMILES string of the molecule is COC[C@@H]1CCCN1/N=C(/C=C/c1ccccc1)C[C@H]1CCC[C@@H]1C(=O)OC. The normalized spacial score (nSPS) is 25.6. The monoisotopic (exact) mass is 384 g/mol. The van der Waals surface area contributed by atoms with Gasteiger partial charge >= 0.3 is 5.97 Å². The maximum Gasteiger partial charge on any atom is 0.308 e. The second-order valence-corrected chi connectivity index (χ2v) is 7.77. The lowest BCUT2D eigenvalue weighted by molar-refractivity contribution is -0.146. The molecule has 0 bridgehead atoms. The van der Waals surface area contributed by atoms with E-state index in [0.29, 0.717) is 18.6 Å². The summed E-state index contributed by atoms with van der Waals surface area (Å²) in [5.41, 5.74) is 2.19. The molecule has 0 radical (unpaired) electrons. The smallest absolute Gasteiger partial charge is 0.308 e. The maximum atomic E-state index is 12.2. The first-order chi connectivity index (χ1) is 13.7. The minimum absolute atomic E-state index is 0.00586. The van der Waals surface area contributed by atoms with Crippen LogP contribution in [0.3, 0.4) is 0 Å². The average Bonchev–Trinajstić information content (AvgIpc) is 3.36. The van der Waals surface area contributed by atoms with Crippen LogP contribution in [-0.4, -0.2) is 50.1 Å². The minimum Gasteiger partial charge on any atom is -0.469 e. The summed E-state index contributed by atoms with van der Waals surface area (Å²) in [7, 11) is 3.23. The van der Waals surface area contributed by atoms with E-state index in [2.05, 4.69) is 29.3 Å². The van der Waals surface area contributed by atoms with Gasteiger partial charge in [-0.3, -0.25) is 9.80 Å². The topological polar surface area (TPSA) is 51.1 Å². The third-order valence-electron chi connectivity index (χ3n) is 5.86. The number of methoxy groups -OCH3 is 2. The second kappa shape index (κ2) is 10.4. The highest BCUT2D eigenvalue weighted by Gasteiger charge is 2.34. The Hall–Kier alpha value is -2.14. The number of benzene rings is 1. The molecular formula is C23H32N2O3. The number of rotatable bonds is 8. The first-order valence-electron chi connectivity index (χ1n) is 10.3.